The van der Waals surface area contributed by atoms with Crippen LogP contribution in [0.5, 0.6) is 0 Å². The van der Waals surface area contributed by atoms with Crippen LogP contribution in [0.4, 0.5) is 10.1 Å². The van der Waals surface area contributed by atoms with Crippen LogP contribution >= 0.6 is 0 Å². The molecule has 1 aromatic rings. The topological polar surface area (TPSA) is 82.3 Å². The Morgan fingerprint density at radius 3 is 2.42 bits per heavy atom. The molecule has 7 heteroatoms. The van der Waals surface area contributed by atoms with Gasteiger partial charge in [-0.2, -0.15) is 10.4 Å². The first-order chi connectivity index (χ1) is 8.70. The van der Waals surface area contributed by atoms with E-state index >= 15 is 0 Å². The lowest BCUT2D eigenvalue weighted by molar-refractivity contribution is 0.573. The first-order valence-corrected chi connectivity index (χ1v) is 6.91. The SMILES string of the molecule is CC(C)(C)S(=O)(=O)/C(C#N)=N\Nc1ccccc1F. The first-order valence-electron chi connectivity index (χ1n) is 5.43. The fraction of sp³-hybridized carbons (Fsp3) is 0.333. The van der Waals surface area contributed by atoms with Crippen molar-refractivity contribution in [3.8, 4) is 6.07 Å². The molecule has 19 heavy (non-hydrogen) atoms. The van der Waals surface area contributed by atoms with Crippen molar-refractivity contribution in [1.29, 1.82) is 5.26 Å². The van der Waals surface area contributed by atoms with Gasteiger partial charge in [0.2, 0.25) is 9.84 Å². The maximum Gasteiger partial charge on any atom is 0.252 e. The molecule has 1 aromatic carbocycles. The minimum absolute atomic E-state index is 0.000593. The quantitative estimate of drug-likeness (QED) is 0.513. The van der Waals surface area contributed by atoms with Crippen molar-refractivity contribution in [3.05, 3.63) is 30.1 Å². The van der Waals surface area contributed by atoms with Crippen LogP contribution in [0.25, 0.3) is 0 Å². The fourth-order valence-corrected chi connectivity index (χ4v) is 1.96. The number of anilines is 1. The maximum absolute atomic E-state index is 13.3. The largest absolute Gasteiger partial charge is 0.274 e. The number of nitrogens with zero attached hydrogens (tertiary/aromatic N) is 2. The molecule has 0 aliphatic carbocycles. The highest BCUT2D eigenvalue weighted by Crippen LogP contribution is 2.18. The lowest BCUT2D eigenvalue weighted by atomic mass is 10.3. The van der Waals surface area contributed by atoms with Gasteiger partial charge in [0.1, 0.15) is 11.9 Å². The van der Waals surface area contributed by atoms with Crippen molar-refractivity contribution >= 4 is 20.6 Å². The number of nitrogens with one attached hydrogen (secondary N) is 1. The molecule has 0 saturated heterocycles. The number of rotatable bonds is 2. The Labute approximate surface area is 111 Å². The highest BCUT2D eigenvalue weighted by Gasteiger charge is 2.34. The van der Waals surface area contributed by atoms with Gasteiger partial charge in [0, 0.05) is 0 Å². The van der Waals surface area contributed by atoms with E-state index in [-0.39, 0.29) is 5.69 Å². The lowest BCUT2D eigenvalue weighted by Gasteiger charge is -2.17. The minimum Gasteiger partial charge on any atom is -0.274 e. The lowest BCUT2D eigenvalue weighted by Crippen LogP contribution is -2.34. The molecule has 0 spiro atoms. The smallest absolute Gasteiger partial charge is 0.252 e. The van der Waals surface area contributed by atoms with Crippen LogP contribution in [0.1, 0.15) is 20.8 Å². The zero-order chi connectivity index (χ0) is 14.7. The van der Waals surface area contributed by atoms with E-state index in [2.05, 4.69) is 10.5 Å². The second kappa shape index (κ2) is 5.36. The maximum atomic E-state index is 13.3. The van der Waals surface area contributed by atoms with Crippen LogP contribution in [0.2, 0.25) is 0 Å². The number of para-hydroxylation sites is 1. The number of halogens is 1. The van der Waals surface area contributed by atoms with E-state index in [4.69, 9.17) is 5.26 Å². The molecule has 0 bridgehead atoms. The number of hydrazone groups is 1. The molecule has 0 unspecified atom stereocenters. The van der Waals surface area contributed by atoms with E-state index in [1.165, 1.54) is 45.0 Å². The third-order valence-electron chi connectivity index (χ3n) is 2.31. The van der Waals surface area contributed by atoms with Crippen molar-refractivity contribution in [2.24, 2.45) is 5.10 Å². The van der Waals surface area contributed by atoms with Gasteiger partial charge in [-0.15, -0.1) is 0 Å². The van der Waals surface area contributed by atoms with E-state index in [0.29, 0.717) is 0 Å². The molecule has 0 aliphatic heterocycles. The summed E-state index contributed by atoms with van der Waals surface area (Å²) >= 11 is 0. The minimum atomic E-state index is -3.87. The molecule has 0 aromatic heterocycles. The van der Waals surface area contributed by atoms with E-state index in [1.807, 2.05) is 0 Å². The Hall–Kier alpha value is -1.94. The average molecular weight is 283 g/mol. The van der Waals surface area contributed by atoms with Crippen LogP contribution in [-0.4, -0.2) is 18.2 Å². The summed E-state index contributed by atoms with van der Waals surface area (Å²) in [5, 5.41) is 11.7. The average Bonchev–Trinajstić information content (AvgIpc) is 2.30. The number of hydrogen-bond acceptors (Lipinski definition) is 5. The van der Waals surface area contributed by atoms with E-state index in [0.717, 1.165) is 0 Å². The summed E-state index contributed by atoms with van der Waals surface area (Å²) < 4.78 is 36.2. The Bertz CT molecular complexity index is 640. The third kappa shape index (κ3) is 3.29. The molecular formula is C12H14FN3O2S. The van der Waals surface area contributed by atoms with Gasteiger partial charge in [-0.3, -0.25) is 5.43 Å². The number of sulfone groups is 1. The standard InChI is InChI=1S/C12H14FN3O2S/c1-12(2,3)19(17,18)11(8-14)16-15-10-7-5-4-6-9(10)13/h4-7,15H,1-3H3/b16-11-. The van der Waals surface area contributed by atoms with E-state index in [9.17, 15) is 12.8 Å². The molecule has 0 saturated carbocycles. The van der Waals surface area contributed by atoms with Gasteiger partial charge in [-0.25, -0.2) is 12.8 Å². The molecule has 0 amide bonds. The normalized spacial score (nSPS) is 12.9. The van der Waals surface area contributed by atoms with Crippen LogP contribution < -0.4 is 5.43 Å². The van der Waals surface area contributed by atoms with Crippen LogP contribution in [0.3, 0.4) is 0 Å². The molecular weight excluding hydrogens is 269 g/mol. The summed E-state index contributed by atoms with van der Waals surface area (Å²) in [6.07, 6.45) is 0. The molecule has 0 atom stereocenters. The Kier molecular flexibility index (Phi) is 4.27. The van der Waals surface area contributed by atoms with Crippen LogP contribution in [-0.2, 0) is 9.84 Å². The van der Waals surface area contributed by atoms with Gasteiger partial charge >= 0.3 is 0 Å². The first kappa shape index (κ1) is 15.1. The van der Waals surface area contributed by atoms with Crippen molar-refractivity contribution in [2.45, 2.75) is 25.5 Å². The van der Waals surface area contributed by atoms with Crippen molar-refractivity contribution in [1.82, 2.24) is 0 Å². The molecule has 5 nitrogen and oxygen atoms in total. The Morgan fingerprint density at radius 1 is 1.37 bits per heavy atom. The fourth-order valence-electron chi connectivity index (χ4n) is 1.10. The van der Waals surface area contributed by atoms with Crippen molar-refractivity contribution in [3.63, 3.8) is 0 Å². The van der Waals surface area contributed by atoms with E-state index < -0.39 is 25.4 Å². The van der Waals surface area contributed by atoms with Crippen LogP contribution in [0.15, 0.2) is 29.4 Å². The Balaban J connectivity index is 3.11. The second-order valence-corrected chi connectivity index (χ2v) is 7.35. The predicted octanol–water partition coefficient (Wildman–Crippen LogP) is 2.29. The number of nitriles is 1. The molecule has 0 heterocycles. The second-order valence-electron chi connectivity index (χ2n) is 4.74. The molecule has 1 N–H and O–H groups in total. The molecule has 0 radical (unpaired) electrons. The highest BCUT2D eigenvalue weighted by atomic mass is 32.2. The van der Waals surface area contributed by atoms with Gasteiger partial charge < -0.3 is 0 Å². The van der Waals surface area contributed by atoms with Crippen LogP contribution in [0, 0.1) is 17.1 Å². The zero-order valence-corrected chi connectivity index (χ0v) is 11.6. The van der Waals surface area contributed by atoms with Crippen molar-refractivity contribution in [2.75, 3.05) is 5.43 Å². The van der Waals surface area contributed by atoms with E-state index in [1.54, 1.807) is 6.07 Å². The van der Waals surface area contributed by atoms with Crippen molar-refractivity contribution < 1.29 is 12.8 Å². The summed E-state index contributed by atoms with van der Waals surface area (Å²) in [4.78, 5) is 0. The summed E-state index contributed by atoms with van der Waals surface area (Å²) in [7, 11) is -3.87. The molecule has 0 fully saturated rings. The summed E-state index contributed by atoms with van der Waals surface area (Å²) in [5.41, 5.74) is 2.25. The third-order valence-corrected chi connectivity index (χ3v) is 4.61. The highest BCUT2D eigenvalue weighted by molar-refractivity contribution is 8.08. The number of benzene rings is 1. The van der Waals surface area contributed by atoms with Gasteiger partial charge in [-0.05, 0) is 32.9 Å². The van der Waals surface area contributed by atoms with Gasteiger partial charge in [0.05, 0.1) is 10.4 Å². The molecule has 102 valence electrons. The summed E-state index contributed by atoms with van der Waals surface area (Å²) in [5.74, 6) is -0.586. The zero-order valence-electron chi connectivity index (χ0n) is 10.8. The monoisotopic (exact) mass is 283 g/mol. The van der Waals surface area contributed by atoms with Gasteiger partial charge in [0.25, 0.3) is 5.04 Å². The van der Waals surface area contributed by atoms with Gasteiger partial charge in [0.15, 0.2) is 0 Å². The molecule has 1 rings (SSSR count). The molecule has 0 aliphatic rings. The summed E-state index contributed by atoms with van der Waals surface area (Å²) in [6.45, 7) is 4.37. The van der Waals surface area contributed by atoms with Gasteiger partial charge in [-0.1, -0.05) is 12.1 Å². The number of hydrogen-bond donors (Lipinski definition) is 1. The predicted molar refractivity (Wildman–Crippen MR) is 71.7 cm³/mol. The Morgan fingerprint density at radius 2 is 1.95 bits per heavy atom. The summed E-state index contributed by atoms with van der Waals surface area (Å²) in [6, 6.07) is 7.15.